The number of tetrazole rings is 1. The number of nitrogens with one attached hydrogen (secondary N) is 2. The van der Waals surface area contributed by atoms with Gasteiger partial charge in [-0.15, -0.1) is 10.2 Å². The fourth-order valence-electron chi connectivity index (χ4n) is 1.29. The van der Waals surface area contributed by atoms with Crippen LogP contribution in [0.1, 0.15) is 35.1 Å². The van der Waals surface area contributed by atoms with E-state index in [0.717, 1.165) is 0 Å². The van der Waals surface area contributed by atoms with Crippen molar-refractivity contribution in [2.75, 3.05) is 0 Å². The van der Waals surface area contributed by atoms with Gasteiger partial charge in [-0.1, -0.05) is 5.21 Å². The third-order valence-corrected chi connectivity index (χ3v) is 2.20. The molecule has 3 N–H and O–H groups in total. The molecule has 0 radical (unpaired) electrons. The molecular formula is C9H11N5O3. The number of H-pyrrole nitrogens is 1. The van der Waals surface area contributed by atoms with E-state index < -0.39 is 5.97 Å². The second-order valence-electron chi connectivity index (χ2n) is 3.44. The lowest BCUT2D eigenvalue weighted by Gasteiger charge is -2.07. The SMILES string of the molecule is CC(NCc1ccc(C(=O)O)o1)c1nn[nH]n1. The molecule has 0 bridgehead atoms. The molecule has 0 saturated carbocycles. The van der Waals surface area contributed by atoms with Gasteiger partial charge in [0.2, 0.25) is 5.76 Å². The van der Waals surface area contributed by atoms with E-state index in [9.17, 15) is 4.79 Å². The Balaban J connectivity index is 1.91. The summed E-state index contributed by atoms with van der Waals surface area (Å²) in [5.41, 5.74) is 0. The highest BCUT2D eigenvalue weighted by atomic mass is 16.4. The first-order chi connectivity index (χ1) is 8.16. The minimum absolute atomic E-state index is 0.0750. The van der Waals surface area contributed by atoms with Crippen molar-refractivity contribution in [1.82, 2.24) is 25.9 Å². The van der Waals surface area contributed by atoms with Crippen molar-refractivity contribution in [1.29, 1.82) is 0 Å². The van der Waals surface area contributed by atoms with Crippen molar-refractivity contribution in [3.63, 3.8) is 0 Å². The molecule has 2 aromatic rings. The summed E-state index contributed by atoms with van der Waals surface area (Å²) in [5.74, 6) is -0.0794. The van der Waals surface area contributed by atoms with E-state index in [2.05, 4.69) is 25.9 Å². The fraction of sp³-hybridized carbons (Fsp3) is 0.333. The molecular weight excluding hydrogens is 226 g/mol. The molecule has 0 aliphatic carbocycles. The van der Waals surface area contributed by atoms with Crippen molar-refractivity contribution >= 4 is 5.97 Å². The zero-order chi connectivity index (χ0) is 12.3. The van der Waals surface area contributed by atoms with Crippen LogP contribution in [-0.2, 0) is 6.54 Å². The molecule has 17 heavy (non-hydrogen) atoms. The summed E-state index contributed by atoms with van der Waals surface area (Å²) in [6, 6.07) is 2.92. The smallest absolute Gasteiger partial charge is 0.371 e. The Morgan fingerprint density at radius 3 is 3.06 bits per heavy atom. The highest BCUT2D eigenvalue weighted by molar-refractivity contribution is 5.84. The van der Waals surface area contributed by atoms with E-state index in [1.165, 1.54) is 6.07 Å². The fourth-order valence-corrected chi connectivity index (χ4v) is 1.29. The van der Waals surface area contributed by atoms with Gasteiger partial charge < -0.3 is 14.8 Å². The zero-order valence-corrected chi connectivity index (χ0v) is 9.04. The minimum Gasteiger partial charge on any atom is -0.475 e. The summed E-state index contributed by atoms with van der Waals surface area (Å²) in [6.07, 6.45) is 0. The molecule has 8 nitrogen and oxygen atoms in total. The average Bonchev–Trinajstić information content (AvgIpc) is 2.97. The van der Waals surface area contributed by atoms with Gasteiger partial charge in [0.05, 0.1) is 12.6 Å². The predicted octanol–water partition coefficient (Wildman–Crippen LogP) is 0.342. The normalized spacial score (nSPS) is 12.5. The Bertz CT molecular complexity index is 492. The van der Waals surface area contributed by atoms with Gasteiger partial charge in [-0.3, -0.25) is 0 Å². The number of hydrogen-bond acceptors (Lipinski definition) is 6. The number of hydrogen-bond donors (Lipinski definition) is 3. The lowest BCUT2D eigenvalue weighted by atomic mass is 10.3. The minimum atomic E-state index is -1.08. The Labute approximate surface area is 96.0 Å². The second-order valence-corrected chi connectivity index (χ2v) is 3.44. The number of aromatic amines is 1. The molecule has 0 aliphatic heterocycles. The monoisotopic (exact) mass is 237 g/mol. The van der Waals surface area contributed by atoms with Gasteiger partial charge in [-0.2, -0.15) is 5.21 Å². The van der Waals surface area contributed by atoms with Gasteiger partial charge in [0.1, 0.15) is 5.76 Å². The number of carboxylic acid groups (broad SMARTS) is 1. The highest BCUT2D eigenvalue weighted by Gasteiger charge is 2.12. The number of carbonyl (C=O) groups is 1. The van der Waals surface area contributed by atoms with Gasteiger partial charge in [0.15, 0.2) is 5.82 Å². The van der Waals surface area contributed by atoms with Crippen LogP contribution in [0.4, 0.5) is 0 Å². The third-order valence-electron chi connectivity index (χ3n) is 2.20. The number of nitrogens with zero attached hydrogens (tertiary/aromatic N) is 3. The largest absolute Gasteiger partial charge is 0.475 e. The van der Waals surface area contributed by atoms with E-state index in [0.29, 0.717) is 18.1 Å². The van der Waals surface area contributed by atoms with Crippen molar-refractivity contribution in [2.45, 2.75) is 19.5 Å². The van der Waals surface area contributed by atoms with Gasteiger partial charge in [0, 0.05) is 0 Å². The van der Waals surface area contributed by atoms with Crippen LogP contribution in [0.5, 0.6) is 0 Å². The topological polar surface area (TPSA) is 117 Å². The Kier molecular flexibility index (Phi) is 3.15. The molecule has 0 amide bonds. The van der Waals surface area contributed by atoms with Gasteiger partial charge in [-0.05, 0) is 19.1 Å². The summed E-state index contributed by atoms with van der Waals surface area (Å²) in [6.45, 7) is 2.26. The first-order valence-electron chi connectivity index (χ1n) is 4.95. The molecule has 2 rings (SSSR count). The van der Waals surface area contributed by atoms with Gasteiger partial charge >= 0.3 is 5.97 Å². The summed E-state index contributed by atoms with van der Waals surface area (Å²) in [4.78, 5) is 10.6. The van der Waals surface area contributed by atoms with Crippen molar-refractivity contribution < 1.29 is 14.3 Å². The van der Waals surface area contributed by atoms with Gasteiger partial charge in [-0.25, -0.2) is 4.79 Å². The van der Waals surface area contributed by atoms with Crippen LogP contribution < -0.4 is 5.32 Å². The predicted molar refractivity (Wildman–Crippen MR) is 55.1 cm³/mol. The molecule has 0 aliphatic rings. The van der Waals surface area contributed by atoms with E-state index in [-0.39, 0.29) is 11.8 Å². The van der Waals surface area contributed by atoms with Crippen molar-refractivity contribution in [3.05, 3.63) is 29.5 Å². The van der Waals surface area contributed by atoms with E-state index >= 15 is 0 Å². The number of carboxylic acids is 1. The summed E-state index contributed by atoms with van der Waals surface area (Å²) >= 11 is 0. The van der Waals surface area contributed by atoms with E-state index in [4.69, 9.17) is 9.52 Å². The molecule has 1 atom stereocenters. The van der Waals surface area contributed by atoms with Crippen molar-refractivity contribution in [2.24, 2.45) is 0 Å². The molecule has 2 aromatic heterocycles. The number of rotatable bonds is 5. The van der Waals surface area contributed by atoms with Crippen LogP contribution >= 0.6 is 0 Å². The molecule has 0 aromatic carbocycles. The Morgan fingerprint density at radius 1 is 1.65 bits per heavy atom. The molecule has 8 heteroatoms. The standard InChI is InChI=1S/C9H11N5O3/c1-5(8-11-13-14-12-8)10-4-6-2-3-7(17-6)9(15)16/h2-3,5,10H,4H2,1H3,(H,15,16)(H,11,12,13,14). The summed E-state index contributed by atoms with van der Waals surface area (Å²) < 4.78 is 5.09. The Morgan fingerprint density at radius 2 is 2.47 bits per heavy atom. The number of furan rings is 1. The average molecular weight is 237 g/mol. The second kappa shape index (κ2) is 4.74. The van der Waals surface area contributed by atoms with Crippen molar-refractivity contribution in [3.8, 4) is 0 Å². The van der Waals surface area contributed by atoms with Crippen LogP contribution in [0.2, 0.25) is 0 Å². The zero-order valence-electron chi connectivity index (χ0n) is 9.04. The molecule has 2 heterocycles. The maximum Gasteiger partial charge on any atom is 0.371 e. The lowest BCUT2D eigenvalue weighted by Crippen LogP contribution is -2.19. The van der Waals surface area contributed by atoms with Crippen LogP contribution in [0.15, 0.2) is 16.5 Å². The van der Waals surface area contributed by atoms with Gasteiger partial charge in [0.25, 0.3) is 0 Å². The first kappa shape index (κ1) is 11.3. The number of aromatic carboxylic acids is 1. The maximum atomic E-state index is 10.6. The molecule has 1 unspecified atom stereocenters. The molecule has 0 spiro atoms. The number of aromatic nitrogens is 4. The van der Waals surface area contributed by atoms with Crippen LogP contribution in [0.3, 0.4) is 0 Å². The highest BCUT2D eigenvalue weighted by Crippen LogP contribution is 2.10. The van der Waals surface area contributed by atoms with E-state index in [1.807, 2.05) is 6.92 Å². The van der Waals surface area contributed by atoms with Crippen LogP contribution in [-0.4, -0.2) is 31.7 Å². The Hall–Kier alpha value is -2.22. The quantitative estimate of drug-likeness (QED) is 0.686. The molecule has 90 valence electrons. The third kappa shape index (κ3) is 2.67. The molecule has 0 fully saturated rings. The molecule has 0 saturated heterocycles. The van der Waals surface area contributed by atoms with E-state index in [1.54, 1.807) is 6.07 Å². The lowest BCUT2D eigenvalue weighted by molar-refractivity contribution is 0.0660. The summed E-state index contributed by atoms with van der Waals surface area (Å²) in [7, 11) is 0. The first-order valence-corrected chi connectivity index (χ1v) is 4.95. The summed E-state index contributed by atoms with van der Waals surface area (Å²) in [5, 5.41) is 25.2. The maximum absolute atomic E-state index is 10.6. The van der Waals surface area contributed by atoms with Crippen LogP contribution in [0, 0.1) is 0 Å². The van der Waals surface area contributed by atoms with Crippen LogP contribution in [0.25, 0.3) is 0 Å².